The number of rotatable bonds is 5. The highest BCUT2D eigenvalue weighted by molar-refractivity contribution is 7.90. The molecule has 0 aromatic carbocycles. The van der Waals surface area contributed by atoms with Crippen molar-refractivity contribution in [3.8, 4) is 11.7 Å². The van der Waals surface area contributed by atoms with Crippen LogP contribution in [0.15, 0.2) is 47.6 Å². The zero-order chi connectivity index (χ0) is 31.3. The fraction of sp³-hybridized carbons (Fsp3) is 0.517. The maximum atomic E-state index is 13.5. The van der Waals surface area contributed by atoms with Gasteiger partial charge in [-0.05, 0) is 82.6 Å². The summed E-state index contributed by atoms with van der Waals surface area (Å²) in [6.45, 7) is 5.21. The smallest absolute Gasteiger partial charge is 0.394 e. The topological polar surface area (TPSA) is 131 Å². The van der Waals surface area contributed by atoms with Gasteiger partial charge in [-0.1, -0.05) is 6.07 Å². The zero-order valence-corrected chi connectivity index (χ0v) is 25.2. The molecule has 44 heavy (non-hydrogen) atoms. The van der Waals surface area contributed by atoms with Crippen LogP contribution in [-0.4, -0.2) is 65.5 Å². The lowest BCUT2D eigenvalue weighted by Crippen LogP contribution is -2.41. The lowest BCUT2D eigenvalue weighted by molar-refractivity contribution is -0.190. The molecule has 2 N–H and O–H groups in total. The van der Waals surface area contributed by atoms with Crippen LogP contribution in [0.4, 0.5) is 24.8 Å². The van der Waals surface area contributed by atoms with E-state index in [1.54, 1.807) is 18.3 Å². The predicted octanol–water partition coefficient (Wildman–Crippen LogP) is 4.70. The number of fused-ring (bicyclic) bond motifs is 6. The van der Waals surface area contributed by atoms with Gasteiger partial charge in [0.15, 0.2) is 10.8 Å². The molecule has 1 saturated carbocycles. The van der Waals surface area contributed by atoms with Crippen LogP contribution in [0.5, 0.6) is 5.88 Å². The molecule has 15 heteroatoms. The van der Waals surface area contributed by atoms with Crippen molar-refractivity contribution in [2.45, 2.75) is 69.1 Å². The van der Waals surface area contributed by atoms with Gasteiger partial charge < -0.3 is 15.0 Å². The monoisotopic (exact) mass is 633 g/mol. The van der Waals surface area contributed by atoms with E-state index < -0.39 is 33.1 Å². The summed E-state index contributed by atoms with van der Waals surface area (Å²) in [7, 11) is -4.30. The molecule has 2 fully saturated rings. The molecule has 4 bridgehead atoms. The number of sulfonamides is 1. The van der Waals surface area contributed by atoms with Crippen LogP contribution in [0, 0.1) is 11.3 Å². The van der Waals surface area contributed by atoms with Crippen LogP contribution >= 0.6 is 0 Å². The maximum absolute atomic E-state index is 13.5. The predicted molar refractivity (Wildman–Crippen MR) is 155 cm³/mol. The molecule has 0 spiro atoms. The molecule has 1 amide bonds. The molecule has 11 nitrogen and oxygen atoms in total. The van der Waals surface area contributed by atoms with Crippen molar-refractivity contribution in [3.63, 3.8) is 0 Å². The molecule has 1 saturated heterocycles. The van der Waals surface area contributed by atoms with Crippen molar-refractivity contribution < 1.29 is 31.1 Å². The third-order valence-electron chi connectivity index (χ3n) is 8.73. The molecule has 0 radical (unpaired) electrons. The first-order chi connectivity index (χ1) is 20.8. The van der Waals surface area contributed by atoms with Crippen LogP contribution in [0.1, 0.15) is 62.7 Å². The average Bonchev–Trinajstić information content (AvgIpc) is 3.51. The number of aromatic nitrogens is 4. The van der Waals surface area contributed by atoms with Gasteiger partial charge >= 0.3 is 6.18 Å². The number of ether oxygens (including phenoxy) is 1. The lowest BCUT2D eigenvalue weighted by Gasteiger charge is -2.34. The third kappa shape index (κ3) is 5.93. The number of nitrogens with zero attached hydrogens (tertiary/aromatic N) is 5. The minimum atomic E-state index is -4.30. The number of carbonyl (C=O) groups is 1. The van der Waals surface area contributed by atoms with Crippen molar-refractivity contribution in [2.24, 2.45) is 11.3 Å². The largest absolute Gasteiger partial charge is 0.477 e. The third-order valence-corrected chi connectivity index (χ3v) is 9.96. The fourth-order valence-corrected chi connectivity index (χ4v) is 7.03. The van der Waals surface area contributed by atoms with Crippen LogP contribution in [0.3, 0.4) is 0 Å². The number of pyridine rings is 2. The van der Waals surface area contributed by atoms with Gasteiger partial charge in [-0.25, -0.2) is 19.4 Å². The first kappa shape index (κ1) is 30.2. The zero-order valence-electron chi connectivity index (χ0n) is 24.4. The Kier molecular flexibility index (Phi) is 7.49. The maximum Gasteiger partial charge on any atom is 0.394 e. The Labute approximate surface area is 253 Å². The normalized spacial score (nSPS) is 22.2. The van der Waals surface area contributed by atoms with Gasteiger partial charge in [0.05, 0.1) is 17.6 Å². The number of hydrogen-bond donors (Lipinski definition) is 2. The first-order valence-electron chi connectivity index (χ1n) is 14.6. The van der Waals surface area contributed by atoms with Gasteiger partial charge in [-0.2, -0.15) is 21.6 Å². The molecule has 2 aliphatic heterocycles. The minimum absolute atomic E-state index is 0.0701. The summed E-state index contributed by atoms with van der Waals surface area (Å²) >= 11 is 0. The summed E-state index contributed by atoms with van der Waals surface area (Å²) < 4.78 is 75.2. The van der Waals surface area contributed by atoms with Gasteiger partial charge in [0.1, 0.15) is 11.6 Å². The van der Waals surface area contributed by atoms with Gasteiger partial charge in [-0.15, -0.1) is 5.10 Å². The van der Waals surface area contributed by atoms with Crippen LogP contribution in [0.2, 0.25) is 0 Å². The Morgan fingerprint density at radius 3 is 2.66 bits per heavy atom. The summed E-state index contributed by atoms with van der Waals surface area (Å²) in [6.07, 6.45) is -0.0243. The second-order valence-electron chi connectivity index (χ2n) is 12.4. The quantitative estimate of drug-likeness (QED) is 0.410. The minimum Gasteiger partial charge on any atom is -0.477 e. The van der Waals surface area contributed by atoms with E-state index in [0.29, 0.717) is 36.5 Å². The van der Waals surface area contributed by atoms with Crippen molar-refractivity contribution in [1.82, 2.24) is 24.5 Å². The molecular weight excluding hydrogens is 599 g/mol. The first-order valence-corrected chi connectivity index (χ1v) is 16.1. The number of amides is 1. The number of alkyl halides is 3. The van der Waals surface area contributed by atoms with Gasteiger partial charge in [0.2, 0.25) is 5.88 Å². The number of carbonyl (C=O) groups excluding carboxylic acids is 1. The number of anilines is 2. The van der Waals surface area contributed by atoms with E-state index in [-0.39, 0.29) is 42.3 Å². The molecule has 3 aromatic heterocycles. The van der Waals surface area contributed by atoms with Gasteiger partial charge in [-0.3, -0.25) is 4.79 Å². The lowest BCUT2D eigenvalue weighted by atomic mass is 9.93. The molecule has 3 aromatic rings. The average molecular weight is 634 g/mol. The van der Waals surface area contributed by atoms with Crippen LogP contribution in [-0.2, 0) is 10.0 Å². The van der Waals surface area contributed by atoms with Crippen molar-refractivity contribution in [3.05, 3.63) is 48.2 Å². The second-order valence-corrected chi connectivity index (χ2v) is 14.0. The molecule has 5 heterocycles. The number of nitrogens with one attached hydrogen (secondary N) is 2. The molecule has 1 unspecified atom stereocenters. The van der Waals surface area contributed by atoms with E-state index in [1.807, 2.05) is 4.90 Å². The summed E-state index contributed by atoms with van der Waals surface area (Å²) in [5.41, 5.74) is -1.99. The standard InChI is InChI=1S/C29H34F3N7O4S/c1-27(2)17-19-5-4-14-33-21-6-3-7-24(34-21)44(41,42)37-26(40)20-8-9-22(35-25(20)38(27)18-19)39-15-10-23(36-39)43-16-13-28(11-12-28)29(30,31)32/h3,6-10,15,19H,4-5,11-14,16-18H2,1-2H3,(H,33,34)(H,37,40). The Morgan fingerprint density at radius 2 is 1.91 bits per heavy atom. The van der Waals surface area contributed by atoms with Crippen molar-refractivity contribution in [2.75, 3.05) is 29.9 Å². The van der Waals surface area contributed by atoms with E-state index in [2.05, 4.69) is 34.0 Å². The van der Waals surface area contributed by atoms with Gasteiger partial charge in [0.25, 0.3) is 15.9 Å². The highest BCUT2D eigenvalue weighted by Gasteiger charge is 2.62. The Balaban J connectivity index is 1.30. The Hall–Kier alpha value is -3.88. The molecule has 3 aliphatic rings. The van der Waals surface area contributed by atoms with E-state index in [1.165, 1.54) is 28.9 Å². The Bertz CT molecular complexity index is 1670. The molecule has 1 atom stereocenters. The molecule has 6 rings (SSSR count). The summed E-state index contributed by atoms with van der Waals surface area (Å²) in [6, 6.07) is 9.12. The highest BCUT2D eigenvalue weighted by Crippen LogP contribution is 2.59. The van der Waals surface area contributed by atoms with Crippen LogP contribution in [0.25, 0.3) is 5.82 Å². The number of halogens is 3. The molecule has 236 valence electrons. The van der Waals surface area contributed by atoms with E-state index >= 15 is 0 Å². The highest BCUT2D eigenvalue weighted by atomic mass is 32.2. The molecular formula is C29H34F3N7O4S. The van der Waals surface area contributed by atoms with Crippen LogP contribution < -0.4 is 19.7 Å². The van der Waals surface area contributed by atoms with E-state index in [9.17, 15) is 26.4 Å². The van der Waals surface area contributed by atoms with E-state index in [4.69, 9.17) is 9.72 Å². The summed E-state index contributed by atoms with van der Waals surface area (Å²) in [4.78, 5) is 24.5. The second kappa shape index (κ2) is 10.9. The summed E-state index contributed by atoms with van der Waals surface area (Å²) in [5.74, 6) is 0.643. The van der Waals surface area contributed by atoms with E-state index in [0.717, 1.165) is 19.3 Å². The Morgan fingerprint density at radius 1 is 1.11 bits per heavy atom. The number of hydrogen-bond acceptors (Lipinski definition) is 9. The van der Waals surface area contributed by atoms with Gasteiger partial charge in [0, 0.05) is 30.9 Å². The molecule has 1 aliphatic carbocycles. The van der Waals surface area contributed by atoms with Crippen molar-refractivity contribution >= 4 is 27.6 Å². The fourth-order valence-electron chi connectivity index (χ4n) is 6.09. The SMILES string of the molecule is CC1(C)CC2CCCNc3cccc(n3)S(=O)(=O)NC(=O)c3ccc(-n4ccc(OCCC5(C(F)(F)F)CC5)n4)nc3N1C2. The summed E-state index contributed by atoms with van der Waals surface area (Å²) in [5, 5.41) is 7.23. The van der Waals surface area contributed by atoms with Crippen molar-refractivity contribution in [1.29, 1.82) is 0 Å².